The van der Waals surface area contributed by atoms with Crippen LogP contribution in [0.4, 0.5) is 4.79 Å². The van der Waals surface area contributed by atoms with Gasteiger partial charge in [0.25, 0.3) is 0 Å². The molecule has 0 radical (unpaired) electrons. The molecule has 0 fully saturated rings. The number of ether oxygens (including phenoxy) is 1. The number of hydrogen-bond donors (Lipinski definition) is 3. The first-order valence-electron chi connectivity index (χ1n) is 3.44. The Hall–Kier alpha value is -0.810. The Morgan fingerprint density at radius 3 is 2.73 bits per heavy atom. The lowest BCUT2D eigenvalue weighted by molar-refractivity contribution is 0.192. The zero-order valence-electron chi connectivity index (χ0n) is 6.59. The number of carboxylic acid groups (broad SMARTS) is 1. The normalized spacial score (nSPS) is 9.55. The lowest BCUT2D eigenvalue weighted by Crippen LogP contribution is -2.32. The van der Waals surface area contributed by atoms with E-state index in [0.717, 1.165) is 6.54 Å². The van der Waals surface area contributed by atoms with Gasteiger partial charge >= 0.3 is 6.09 Å². The number of carbonyl (C=O) groups is 1. The topological polar surface area (TPSA) is 70.6 Å². The summed E-state index contributed by atoms with van der Waals surface area (Å²) in [5, 5.41) is 13.4. The number of hydrogen-bond acceptors (Lipinski definition) is 3. The van der Waals surface area contributed by atoms with Crippen molar-refractivity contribution in [2.75, 3.05) is 33.4 Å². The molecule has 0 aromatic rings. The van der Waals surface area contributed by atoms with Crippen molar-refractivity contribution in [2.45, 2.75) is 0 Å². The van der Waals surface area contributed by atoms with Crippen molar-refractivity contribution >= 4 is 6.09 Å². The van der Waals surface area contributed by atoms with Crippen LogP contribution in [-0.4, -0.2) is 44.6 Å². The maximum atomic E-state index is 9.92. The fraction of sp³-hybridized carbons (Fsp3) is 0.833. The predicted octanol–water partition coefficient (Wildman–Crippen LogP) is -0.510. The highest BCUT2D eigenvalue weighted by atomic mass is 16.5. The number of amides is 1. The minimum Gasteiger partial charge on any atom is -0.465 e. The molecule has 0 aliphatic heterocycles. The zero-order chi connectivity index (χ0) is 8.53. The average molecular weight is 162 g/mol. The summed E-state index contributed by atoms with van der Waals surface area (Å²) >= 11 is 0. The van der Waals surface area contributed by atoms with Crippen molar-refractivity contribution in [3.8, 4) is 0 Å². The molecular weight excluding hydrogens is 148 g/mol. The molecule has 0 rings (SSSR count). The number of nitrogens with one attached hydrogen (secondary N) is 2. The van der Waals surface area contributed by atoms with E-state index in [9.17, 15) is 4.79 Å². The Kier molecular flexibility index (Phi) is 6.76. The SMILES string of the molecule is COCCNCCNC(=O)O. The quantitative estimate of drug-likeness (QED) is 0.460. The fourth-order valence-electron chi connectivity index (χ4n) is 0.557. The molecule has 0 aliphatic rings. The fourth-order valence-corrected chi connectivity index (χ4v) is 0.557. The van der Waals surface area contributed by atoms with Gasteiger partial charge in [0.2, 0.25) is 0 Å². The first kappa shape index (κ1) is 10.2. The van der Waals surface area contributed by atoms with E-state index in [2.05, 4.69) is 10.6 Å². The van der Waals surface area contributed by atoms with Crippen LogP contribution in [0.2, 0.25) is 0 Å². The molecule has 0 aliphatic carbocycles. The van der Waals surface area contributed by atoms with Crippen LogP contribution in [0.15, 0.2) is 0 Å². The Morgan fingerprint density at radius 2 is 2.18 bits per heavy atom. The third-order valence-corrected chi connectivity index (χ3v) is 1.06. The predicted molar refractivity (Wildman–Crippen MR) is 40.8 cm³/mol. The van der Waals surface area contributed by atoms with E-state index in [1.807, 2.05) is 0 Å². The highest BCUT2D eigenvalue weighted by Gasteiger charge is 1.91. The van der Waals surface area contributed by atoms with Crippen LogP contribution in [0.1, 0.15) is 0 Å². The minimum absolute atomic E-state index is 0.430. The molecule has 0 aromatic carbocycles. The molecule has 0 atom stereocenters. The van der Waals surface area contributed by atoms with Crippen molar-refractivity contribution in [3.05, 3.63) is 0 Å². The van der Waals surface area contributed by atoms with Crippen LogP contribution in [-0.2, 0) is 4.74 Å². The number of methoxy groups -OCH3 is 1. The van der Waals surface area contributed by atoms with Gasteiger partial charge in [-0.05, 0) is 0 Å². The molecule has 0 unspecified atom stereocenters. The lowest BCUT2D eigenvalue weighted by atomic mass is 10.6. The first-order valence-corrected chi connectivity index (χ1v) is 3.44. The van der Waals surface area contributed by atoms with Gasteiger partial charge in [0, 0.05) is 26.7 Å². The monoisotopic (exact) mass is 162 g/mol. The van der Waals surface area contributed by atoms with E-state index in [1.54, 1.807) is 7.11 Å². The second-order valence-corrected chi connectivity index (χ2v) is 1.97. The minimum atomic E-state index is -0.987. The molecule has 5 heteroatoms. The molecule has 0 spiro atoms. The molecule has 1 amide bonds. The summed E-state index contributed by atoms with van der Waals surface area (Å²) in [6, 6.07) is 0. The van der Waals surface area contributed by atoms with Gasteiger partial charge in [0.05, 0.1) is 6.61 Å². The Labute approximate surface area is 65.7 Å². The molecule has 66 valence electrons. The van der Waals surface area contributed by atoms with E-state index in [-0.39, 0.29) is 0 Å². The van der Waals surface area contributed by atoms with E-state index < -0.39 is 6.09 Å². The summed E-state index contributed by atoms with van der Waals surface area (Å²) in [5.41, 5.74) is 0. The summed E-state index contributed by atoms with van der Waals surface area (Å²) in [7, 11) is 1.62. The zero-order valence-corrected chi connectivity index (χ0v) is 6.59. The molecular formula is C6H14N2O3. The van der Waals surface area contributed by atoms with Crippen LogP contribution >= 0.6 is 0 Å². The Bertz CT molecular complexity index is 108. The second-order valence-electron chi connectivity index (χ2n) is 1.97. The van der Waals surface area contributed by atoms with Crippen LogP contribution < -0.4 is 10.6 Å². The van der Waals surface area contributed by atoms with Gasteiger partial charge in [-0.2, -0.15) is 0 Å². The molecule has 5 nitrogen and oxygen atoms in total. The largest absolute Gasteiger partial charge is 0.465 e. The summed E-state index contributed by atoms with van der Waals surface area (Å²) in [6.07, 6.45) is -0.987. The summed E-state index contributed by atoms with van der Waals surface area (Å²) in [5.74, 6) is 0. The lowest BCUT2D eigenvalue weighted by Gasteiger charge is -2.02. The van der Waals surface area contributed by atoms with Gasteiger partial charge in [0.15, 0.2) is 0 Å². The van der Waals surface area contributed by atoms with Crippen LogP contribution in [0.25, 0.3) is 0 Å². The Morgan fingerprint density at radius 1 is 1.45 bits per heavy atom. The third-order valence-electron chi connectivity index (χ3n) is 1.06. The highest BCUT2D eigenvalue weighted by Crippen LogP contribution is 1.64. The van der Waals surface area contributed by atoms with Crippen molar-refractivity contribution in [1.82, 2.24) is 10.6 Å². The molecule has 0 heterocycles. The van der Waals surface area contributed by atoms with Crippen molar-refractivity contribution in [3.63, 3.8) is 0 Å². The molecule has 0 saturated carbocycles. The highest BCUT2D eigenvalue weighted by molar-refractivity contribution is 5.64. The van der Waals surface area contributed by atoms with Crippen molar-refractivity contribution in [2.24, 2.45) is 0 Å². The molecule has 11 heavy (non-hydrogen) atoms. The van der Waals surface area contributed by atoms with Gasteiger partial charge in [-0.15, -0.1) is 0 Å². The molecule has 0 aromatic heterocycles. The summed E-state index contributed by atoms with van der Waals surface area (Å²) in [6.45, 7) is 2.46. The Balaban J connectivity index is 2.85. The van der Waals surface area contributed by atoms with Crippen LogP contribution in [0, 0.1) is 0 Å². The maximum Gasteiger partial charge on any atom is 0.404 e. The number of rotatable bonds is 6. The average Bonchev–Trinajstić information content (AvgIpc) is 1.96. The van der Waals surface area contributed by atoms with Gasteiger partial charge in [-0.1, -0.05) is 0 Å². The smallest absolute Gasteiger partial charge is 0.404 e. The molecule has 0 bridgehead atoms. The van der Waals surface area contributed by atoms with Crippen molar-refractivity contribution in [1.29, 1.82) is 0 Å². The summed E-state index contributed by atoms with van der Waals surface area (Å²) in [4.78, 5) is 9.92. The van der Waals surface area contributed by atoms with Crippen LogP contribution in [0.5, 0.6) is 0 Å². The standard InChI is InChI=1S/C6H14N2O3/c1-11-5-4-7-2-3-8-6(9)10/h7-8H,2-5H2,1H3,(H,9,10). The van der Waals surface area contributed by atoms with Gasteiger partial charge < -0.3 is 20.5 Å². The van der Waals surface area contributed by atoms with E-state index in [4.69, 9.17) is 9.84 Å². The van der Waals surface area contributed by atoms with E-state index in [0.29, 0.717) is 19.7 Å². The first-order chi connectivity index (χ1) is 5.27. The van der Waals surface area contributed by atoms with E-state index >= 15 is 0 Å². The summed E-state index contributed by atoms with van der Waals surface area (Å²) < 4.78 is 4.77. The van der Waals surface area contributed by atoms with Crippen molar-refractivity contribution < 1.29 is 14.6 Å². The van der Waals surface area contributed by atoms with Gasteiger partial charge in [-0.3, -0.25) is 0 Å². The third kappa shape index (κ3) is 9.19. The second kappa shape index (κ2) is 7.30. The molecule has 3 N–H and O–H groups in total. The van der Waals surface area contributed by atoms with Gasteiger partial charge in [0.1, 0.15) is 0 Å². The van der Waals surface area contributed by atoms with Gasteiger partial charge in [-0.25, -0.2) is 4.79 Å². The van der Waals surface area contributed by atoms with E-state index in [1.165, 1.54) is 0 Å². The maximum absolute atomic E-state index is 9.92. The van der Waals surface area contributed by atoms with Crippen LogP contribution in [0.3, 0.4) is 0 Å². The molecule has 0 saturated heterocycles.